The van der Waals surface area contributed by atoms with Gasteiger partial charge in [0.2, 0.25) is 0 Å². The Morgan fingerprint density at radius 1 is 1.21 bits per heavy atom. The fraction of sp³-hybridized carbons (Fsp3) is 0.619. The van der Waals surface area contributed by atoms with Crippen molar-refractivity contribution in [1.82, 2.24) is 15.1 Å². The second-order valence-corrected chi connectivity index (χ2v) is 7.06. The molecule has 1 atom stereocenters. The van der Waals surface area contributed by atoms with Gasteiger partial charge in [-0.05, 0) is 31.9 Å². The van der Waals surface area contributed by atoms with Crippen LogP contribution in [0.3, 0.4) is 0 Å². The van der Waals surface area contributed by atoms with Crippen LogP contribution in [-0.4, -0.2) is 80.3 Å². The third-order valence-corrected chi connectivity index (χ3v) is 5.01. The van der Waals surface area contributed by atoms with Gasteiger partial charge < -0.3 is 24.6 Å². The maximum Gasteiger partial charge on any atom is 0.251 e. The Morgan fingerprint density at radius 2 is 1.93 bits per heavy atom. The summed E-state index contributed by atoms with van der Waals surface area (Å²) in [6.45, 7) is 8.01. The van der Waals surface area contributed by atoms with Gasteiger partial charge in [0, 0.05) is 52.3 Å². The number of amides is 1. The van der Waals surface area contributed by atoms with Crippen molar-refractivity contribution in [3.8, 4) is 5.75 Å². The number of carbonyl (C=O) groups excluding carboxylic acids is 1. The highest BCUT2D eigenvalue weighted by Crippen LogP contribution is 2.16. The Morgan fingerprint density at radius 3 is 2.59 bits per heavy atom. The van der Waals surface area contributed by atoms with Crippen LogP contribution in [0.15, 0.2) is 35.3 Å². The molecule has 0 bridgehead atoms. The minimum absolute atomic E-state index is 0. The number of hydrogen-bond donors (Lipinski definition) is 1. The monoisotopic (exact) mass is 516 g/mol. The number of aliphatic imine (C=N–C) groups is 1. The van der Waals surface area contributed by atoms with Crippen LogP contribution < -0.4 is 10.1 Å². The van der Waals surface area contributed by atoms with Crippen molar-refractivity contribution in [2.75, 3.05) is 52.5 Å². The lowest BCUT2D eigenvalue weighted by molar-refractivity contribution is -0.142. The minimum Gasteiger partial charge on any atom is -0.494 e. The van der Waals surface area contributed by atoms with Crippen LogP contribution in [-0.2, 0) is 9.53 Å². The molecule has 3 rings (SSSR count). The standard InChI is InChI=1S/C21H32N4O3.HI/c1-2-22-21(23-11-7-17-27-18-8-4-3-5-9-18)25-14-12-24(13-15-25)20(26)19-10-6-16-28-19;/h3-5,8-9,19H,2,6-7,10-17H2,1H3,(H,22,23);1H. The molecular weight excluding hydrogens is 483 g/mol. The zero-order valence-corrected chi connectivity index (χ0v) is 19.5. The van der Waals surface area contributed by atoms with Gasteiger partial charge in [-0.2, -0.15) is 0 Å². The summed E-state index contributed by atoms with van der Waals surface area (Å²) in [4.78, 5) is 21.4. The smallest absolute Gasteiger partial charge is 0.251 e. The topological polar surface area (TPSA) is 66.4 Å². The van der Waals surface area contributed by atoms with E-state index in [1.165, 1.54) is 0 Å². The molecule has 162 valence electrons. The van der Waals surface area contributed by atoms with E-state index in [0.29, 0.717) is 19.8 Å². The fourth-order valence-corrected chi connectivity index (χ4v) is 3.50. The van der Waals surface area contributed by atoms with Gasteiger partial charge in [-0.15, -0.1) is 24.0 Å². The van der Waals surface area contributed by atoms with E-state index in [4.69, 9.17) is 14.5 Å². The van der Waals surface area contributed by atoms with E-state index in [9.17, 15) is 4.79 Å². The molecule has 2 saturated heterocycles. The van der Waals surface area contributed by atoms with Gasteiger partial charge in [0.05, 0.1) is 6.61 Å². The van der Waals surface area contributed by atoms with E-state index in [1.807, 2.05) is 35.2 Å². The fourth-order valence-electron chi connectivity index (χ4n) is 3.50. The van der Waals surface area contributed by atoms with Crippen molar-refractivity contribution in [2.45, 2.75) is 32.3 Å². The first-order chi connectivity index (χ1) is 13.8. The summed E-state index contributed by atoms with van der Waals surface area (Å²) in [5.41, 5.74) is 0. The van der Waals surface area contributed by atoms with Gasteiger partial charge in [0.25, 0.3) is 5.91 Å². The predicted molar refractivity (Wildman–Crippen MR) is 125 cm³/mol. The SMILES string of the molecule is CCNC(=NCCCOc1ccccc1)N1CCN(C(=O)C2CCCO2)CC1.I. The number of piperazine rings is 1. The molecule has 0 spiro atoms. The zero-order valence-electron chi connectivity index (χ0n) is 17.2. The molecule has 1 aromatic rings. The van der Waals surface area contributed by atoms with Crippen molar-refractivity contribution in [1.29, 1.82) is 0 Å². The van der Waals surface area contributed by atoms with E-state index in [2.05, 4.69) is 17.1 Å². The molecule has 1 N–H and O–H groups in total. The first-order valence-corrected chi connectivity index (χ1v) is 10.4. The number of nitrogens with one attached hydrogen (secondary N) is 1. The van der Waals surface area contributed by atoms with Gasteiger partial charge in [-0.1, -0.05) is 18.2 Å². The third-order valence-electron chi connectivity index (χ3n) is 5.01. The molecule has 1 amide bonds. The highest BCUT2D eigenvalue weighted by atomic mass is 127. The normalized spacial score (nSPS) is 19.6. The van der Waals surface area contributed by atoms with E-state index in [-0.39, 0.29) is 36.0 Å². The molecule has 2 aliphatic heterocycles. The van der Waals surface area contributed by atoms with Gasteiger partial charge >= 0.3 is 0 Å². The zero-order chi connectivity index (χ0) is 19.6. The van der Waals surface area contributed by atoms with Crippen molar-refractivity contribution < 1.29 is 14.3 Å². The maximum absolute atomic E-state index is 12.5. The summed E-state index contributed by atoms with van der Waals surface area (Å²) in [5, 5.41) is 3.37. The van der Waals surface area contributed by atoms with Crippen molar-refractivity contribution in [3.05, 3.63) is 30.3 Å². The molecule has 0 aromatic heterocycles. The van der Waals surface area contributed by atoms with E-state index >= 15 is 0 Å². The van der Waals surface area contributed by atoms with Crippen LogP contribution in [0.5, 0.6) is 5.75 Å². The van der Waals surface area contributed by atoms with Gasteiger partial charge in [0.1, 0.15) is 11.9 Å². The van der Waals surface area contributed by atoms with Crippen LogP contribution in [0.25, 0.3) is 0 Å². The number of nitrogens with zero attached hydrogens (tertiary/aromatic N) is 3. The Balaban J connectivity index is 0.00000300. The van der Waals surface area contributed by atoms with E-state index in [0.717, 1.165) is 63.7 Å². The Bertz CT molecular complexity index is 630. The second kappa shape index (κ2) is 12.9. The second-order valence-electron chi connectivity index (χ2n) is 7.06. The van der Waals surface area contributed by atoms with Crippen molar-refractivity contribution in [2.24, 2.45) is 4.99 Å². The molecular formula is C21H33IN4O3. The quantitative estimate of drug-likeness (QED) is 0.261. The summed E-state index contributed by atoms with van der Waals surface area (Å²) in [7, 11) is 0. The molecule has 2 fully saturated rings. The largest absolute Gasteiger partial charge is 0.494 e. The molecule has 0 radical (unpaired) electrons. The predicted octanol–water partition coefficient (Wildman–Crippen LogP) is 2.36. The summed E-state index contributed by atoms with van der Waals surface area (Å²) < 4.78 is 11.3. The highest BCUT2D eigenvalue weighted by molar-refractivity contribution is 14.0. The Hall–Kier alpha value is -1.55. The minimum atomic E-state index is -0.224. The number of halogens is 1. The summed E-state index contributed by atoms with van der Waals surface area (Å²) >= 11 is 0. The summed E-state index contributed by atoms with van der Waals surface area (Å²) in [6, 6.07) is 9.85. The number of guanidine groups is 1. The lowest BCUT2D eigenvalue weighted by Gasteiger charge is -2.37. The van der Waals surface area contributed by atoms with Crippen LogP contribution in [0.1, 0.15) is 26.2 Å². The van der Waals surface area contributed by atoms with Gasteiger partial charge in [0.15, 0.2) is 5.96 Å². The summed E-state index contributed by atoms with van der Waals surface area (Å²) in [6.07, 6.45) is 2.48. The molecule has 0 saturated carbocycles. The van der Waals surface area contributed by atoms with Crippen molar-refractivity contribution in [3.63, 3.8) is 0 Å². The van der Waals surface area contributed by atoms with Crippen LogP contribution in [0, 0.1) is 0 Å². The molecule has 2 aliphatic rings. The summed E-state index contributed by atoms with van der Waals surface area (Å²) in [5.74, 6) is 1.97. The molecule has 2 heterocycles. The van der Waals surface area contributed by atoms with Gasteiger partial charge in [-0.25, -0.2) is 0 Å². The highest BCUT2D eigenvalue weighted by Gasteiger charge is 2.30. The van der Waals surface area contributed by atoms with Crippen LogP contribution in [0.4, 0.5) is 0 Å². The molecule has 1 unspecified atom stereocenters. The van der Waals surface area contributed by atoms with Crippen molar-refractivity contribution >= 4 is 35.8 Å². The number of ether oxygens (including phenoxy) is 2. The average Bonchev–Trinajstić information content (AvgIpc) is 3.28. The number of para-hydroxylation sites is 1. The Kier molecular flexibility index (Phi) is 10.5. The first kappa shape index (κ1) is 23.7. The number of carbonyl (C=O) groups is 1. The maximum atomic E-state index is 12.5. The number of benzene rings is 1. The molecule has 0 aliphatic carbocycles. The van der Waals surface area contributed by atoms with Crippen LogP contribution in [0.2, 0.25) is 0 Å². The lowest BCUT2D eigenvalue weighted by atomic mass is 10.2. The lowest BCUT2D eigenvalue weighted by Crippen LogP contribution is -2.55. The van der Waals surface area contributed by atoms with E-state index < -0.39 is 0 Å². The molecule has 7 nitrogen and oxygen atoms in total. The average molecular weight is 516 g/mol. The van der Waals surface area contributed by atoms with Gasteiger partial charge in [-0.3, -0.25) is 9.79 Å². The van der Waals surface area contributed by atoms with E-state index in [1.54, 1.807) is 0 Å². The molecule has 1 aromatic carbocycles. The molecule has 29 heavy (non-hydrogen) atoms. The number of hydrogen-bond acceptors (Lipinski definition) is 4. The Labute approximate surface area is 190 Å². The number of rotatable bonds is 7. The van der Waals surface area contributed by atoms with Crippen LogP contribution >= 0.6 is 24.0 Å². The molecule has 8 heteroatoms. The third kappa shape index (κ3) is 7.33. The first-order valence-electron chi connectivity index (χ1n) is 10.4.